The lowest BCUT2D eigenvalue weighted by atomic mass is 10.2. The second kappa shape index (κ2) is 5.78. The Morgan fingerprint density at radius 3 is 2.48 bits per heavy atom. The van der Waals surface area contributed by atoms with Gasteiger partial charge >= 0.3 is 6.18 Å². The van der Waals surface area contributed by atoms with Gasteiger partial charge in [-0.1, -0.05) is 18.2 Å². The van der Waals surface area contributed by atoms with Crippen LogP contribution in [-0.4, -0.2) is 9.91 Å². The zero-order valence-electron chi connectivity index (χ0n) is 10.6. The Morgan fingerprint density at radius 2 is 1.90 bits per heavy atom. The van der Waals surface area contributed by atoms with Crippen LogP contribution in [0.25, 0.3) is 0 Å². The SMILES string of the molecule is O=[N+]([O-])c1ccccc1CNc1ccc(C(F)(F)F)cn1. The van der Waals surface area contributed by atoms with Crippen LogP contribution in [0.2, 0.25) is 0 Å². The number of aromatic nitrogens is 1. The Bertz CT molecular complexity index is 642. The molecule has 1 heterocycles. The first-order valence-electron chi connectivity index (χ1n) is 5.87. The molecule has 0 bridgehead atoms. The highest BCUT2D eigenvalue weighted by Crippen LogP contribution is 2.29. The molecule has 1 aromatic carbocycles. The number of nitro groups is 1. The fraction of sp³-hybridized carbons (Fsp3) is 0.154. The first-order valence-corrected chi connectivity index (χ1v) is 5.87. The third-order valence-electron chi connectivity index (χ3n) is 2.74. The summed E-state index contributed by atoms with van der Waals surface area (Å²) in [4.78, 5) is 13.9. The minimum absolute atomic E-state index is 0.0584. The number of nitrogens with one attached hydrogen (secondary N) is 1. The summed E-state index contributed by atoms with van der Waals surface area (Å²) in [6.45, 7) is 0.0928. The highest BCUT2D eigenvalue weighted by molar-refractivity contribution is 5.44. The Balaban J connectivity index is 2.09. The number of hydrogen-bond acceptors (Lipinski definition) is 4. The quantitative estimate of drug-likeness (QED) is 0.691. The van der Waals surface area contributed by atoms with E-state index in [4.69, 9.17) is 0 Å². The summed E-state index contributed by atoms with van der Waals surface area (Å²) in [5.41, 5.74) is -0.486. The molecule has 0 saturated carbocycles. The number of halogens is 3. The van der Waals surface area contributed by atoms with Crippen molar-refractivity contribution in [2.45, 2.75) is 12.7 Å². The molecule has 1 aromatic heterocycles. The number of para-hydroxylation sites is 1. The molecule has 110 valence electrons. The molecule has 0 amide bonds. The maximum atomic E-state index is 12.4. The number of rotatable bonds is 4. The number of anilines is 1. The van der Waals surface area contributed by atoms with Crippen LogP contribution in [-0.2, 0) is 12.7 Å². The summed E-state index contributed by atoms with van der Waals surface area (Å²) in [6, 6.07) is 8.18. The molecule has 2 aromatic rings. The first kappa shape index (κ1) is 14.8. The topological polar surface area (TPSA) is 68.1 Å². The highest BCUT2D eigenvalue weighted by atomic mass is 19.4. The lowest BCUT2D eigenvalue weighted by Gasteiger charge is -2.09. The molecular weight excluding hydrogens is 287 g/mol. The fourth-order valence-electron chi connectivity index (χ4n) is 1.69. The Morgan fingerprint density at radius 1 is 1.19 bits per heavy atom. The second-order valence-corrected chi connectivity index (χ2v) is 4.17. The van der Waals surface area contributed by atoms with Crippen molar-refractivity contribution in [1.82, 2.24) is 4.98 Å². The molecule has 0 aliphatic carbocycles. The van der Waals surface area contributed by atoms with Gasteiger partial charge in [-0.2, -0.15) is 13.2 Å². The van der Waals surface area contributed by atoms with E-state index in [2.05, 4.69) is 10.3 Å². The van der Waals surface area contributed by atoms with Gasteiger partial charge in [-0.15, -0.1) is 0 Å². The molecule has 0 spiro atoms. The van der Waals surface area contributed by atoms with Crippen LogP contribution in [0.4, 0.5) is 24.7 Å². The lowest BCUT2D eigenvalue weighted by Crippen LogP contribution is -2.07. The van der Waals surface area contributed by atoms with E-state index in [0.717, 1.165) is 6.07 Å². The Labute approximate surface area is 117 Å². The zero-order valence-corrected chi connectivity index (χ0v) is 10.6. The minimum atomic E-state index is -4.44. The van der Waals surface area contributed by atoms with E-state index in [9.17, 15) is 23.3 Å². The molecule has 5 nitrogen and oxygen atoms in total. The van der Waals surface area contributed by atoms with E-state index in [1.54, 1.807) is 12.1 Å². The largest absolute Gasteiger partial charge is 0.417 e. The van der Waals surface area contributed by atoms with Crippen molar-refractivity contribution in [2.24, 2.45) is 0 Å². The van der Waals surface area contributed by atoms with Crippen molar-refractivity contribution >= 4 is 11.5 Å². The molecular formula is C13H10F3N3O2. The van der Waals surface area contributed by atoms with Crippen molar-refractivity contribution in [1.29, 1.82) is 0 Å². The molecule has 21 heavy (non-hydrogen) atoms. The normalized spacial score (nSPS) is 11.2. The summed E-state index contributed by atoms with van der Waals surface area (Å²) in [5.74, 6) is 0.209. The van der Waals surface area contributed by atoms with E-state index >= 15 is 0 Å². The summed E-state index contributed by atoms with van der Waals surface area (Å²) >= 11 is 0. The van der Waals surface area contributed by atoms with Gasteiger partial charge in [0.1, 0.15) is 5.82 Å². The molecule has 0 aliphatic heterocycles. The van der Waals surface area contributed by atoms with Gasteiger partial charge in [0.25, 0.3) is 5.69 Å². The van der Waals surface area contributed by atoms with Crippen LogP contribution in [0, 0.1) is 10.1 Å². The van der Waals surface area contributed by atoms with E-state index in [1.807, 2.05) is 0 Å². The van der Waals surface area contributed by atoms with Crippen molar-refractivity contribution in [3.63, 3.8) is 0 Å². The molecule has 0 saturated heterocycles. The van der Waals surface area contributed by atoms with Gasteiger partial charge in [-0.25, -0.2) is 4.98 Å². The predicted molar refractivity (Wildman–Crippen MR) is 69.7 cm³/mol. The first-order chi connectivity index (χ1) is 9.88. The van der Waals surface area contributed by atoms with E-state index in [0.29, 0.717) is 11.8 Å². The smallest absolute Gasteiger partial charge is 0.366 e. The van der Waals surface area contributed by atoms with Gasteiger partial charge < -0.3 is 5.32 Å². The van der Waals surface area contributed by atoms with Crippen LogP contribution in [0.3, 0.4) is 0 Å². The summed E-state index contributed by atoms with van der Waals surface area (Å²) in [7, 11) is 0. The molecule has 2 rings (SSSR count). The Kier molecular flexibility index (Phi) is 4.06. The maximum Gasteiger partial charge on any atom is 0.417 e. The van der Waals surface area contributed by atoms with E-state index in [1.165, 1.54) is 18.2 Å². The number of pyridine rings is 1. The average molecular weight is 297 g/mol. The monoisotopic (exact) mass is 297 g/mol. The van der Waals surface area contributed by atoms with Crippen LogP contribution >= 0.6 is 0 Å². The summed E-state index contributed by atoms with van der Waals surface area (Å²) < 4.78 is 37.1. The average Bonchev–Trinajstić information content (AvgIpc) is 2.45. The standard InChI is InChI=1S/C13H10F3N3O2/c14-13(15,16)10-5-6-12(18-8-10)17-7-9-3-1-2-4-11(9)19(20)21/h1-6,8H,7H2,(H,17,18). The molecule has 0 fully saturated rings. The van der Waals surface area contributed by atoms with Crippen molar-refractivity contribution < 1.29 is 18.1 Å². The van der Waals surface area contributed by atoms with Crippen molar-refractivity contribution in [2.75, 3.05) is 5.32 Å². The second-order valence-electron chi connectivity index (χ2n) is 4.17. The van der Waals surface area contributed by atoms with Crippen LogP contribution in [0.1, 0.15) is 11.1 Å². The maximum absolute atomic E-state index is 12.4. The number of hydrogen-bond donors (Lipinski definition) is 1. The fourth-order valence-corrected chi connectivity index (χ4v) is 1.69. The molecule has 0 atom stereocenters. The summed E-state index contributed by atoms with van der Waals surface area (Å²) in [5, 5.41) is 13.6. The molecule has 0 aliphatic rings. The third-order valence-corrected chi connectivity index (χ3v) is 2.74. The molecule has 0 radical (unpaired) electrons. The minimum Gasteiger partial charge on any atom is -0.366 e. The Hall–Kier alpha value is -2.64. The van der Waals surface area contributed by atoms with E-state index < -0.39 is 16.7 Å². The predicted octanol–water partition coefficient (Wildman–Crippen LogP) is 3.62. The van der Waals surface area contributed by atoms with E-state index in [-0.39, 0.29) is 18.1 Å². The zero-order chi connectivity index (χ0) is 15.5. The lowest BCUT2D eigenvalue weighted by molar-refractivity contribution is -0.385. The number of benzene rings is 1. The van der Waals surface area contributed by atoms with Gasteiger partial charge in [0, 0.05) is 24.4 Å². The van der Waals surface area contributed by atoms with Gasteiger partial charge in [-0.05, 0) is 12.1 Å². The van der Waals surface area contributed by atoms with Gasteiger partial charge in [0.15, 0.2) is 0 Å². The molecule has 0 unspecified atom stereocenters. The molecule has 8 heteroatoms. The van der Waals surface area contributed by atoms with Crippen LogP contribution in [0.15, 0.2) is 42.6 Å². The summed E-state index contributed by atoms with van der Waals surface area (Å²) in [6.07, 6.45) is -3.73. The highest BCUT2D eigenvalue weighted by Gasteiger charge is 2.30. The van der Waals surface area contributed by atoms with Crippen LogP contribution in [0.5, 0.6) is 0 Å². The van der Waals surface area contributed by atoms with Gasteiger partial charge in [0.2, 0.25) is 0 Å². The van der Waals surface area contributed by atoms with Crippen LogP contribution < -0.4 is 5.32 Å². The van der Waals surface area contributed by atoms with Crippen molar-refractivity contribution in [3.8, 4) is 0 Å². The number of nitro benzene ring substituents is 1. The number of alkyl halides is 3. The van der Waals surface area contributed by atoms with Gasteiger partial charge in [0.05, 0.1) is 10.5 Å². The third kappa shape index (κ3) is 3.68. The van der Waals surface area contributed by atoms with Crippen molar-refractivity contribution in [3.05, 3.63) is 63.8 Å². The molecule has 1 N–H and O–H groups in total. The number of nitrogens with zero attached hydrogens (tertiary/aromatic N) is 2. The van der Waals surface area contributed by atoms with Gasteiger partial charge in [-0.3, -0.25) is 10.1 Å².